The van der Waals surface area contributed by atoms with E-state index in [0.717, 1.165) is 5.56 Å². The summed E-state index contributed by atoms with van der Waals surface area (Å²) in [5, 5.41) is 0.705. The number of hydrogen-bond donors (Lipinski definition) is 2. The lowest BCUT2D eigenvalue weighted by Crippen LogP contribution is -2.43. The minimum absolute atomic E-state index is 0.0416. The molecule has 0 saturated heterocycles. The van der Waals surface area contributed by atoms with Crippen molar-refractivity contribution < 1.29 is 23.5 Å². The molecule has 138 valence electrons. The van der Waals surface area contributed by atoms with E-state index in [1.807, 2.05) is 30.3 Å². The van der Waals surface area contributed by atoms with Gasteiger partial charge < -0.3 is 9.15 Å². The average molecular weight is 385 g/mol. The predicted octanol–water partition coefficient (Wildman–Crippen LogP) is 2.33. The lowest BCUT2D eigenvalue weighted by Gasteiger charge is -2.07. The zero-order valence-electron chi connectivity index (χ0n) is 14.2. The van der Waals surface area contributed by atoms with Crippen molar-refractivity contribution in [3.05, 3.63) is 64.4 Å². The Bertz CT molecular complexity index is 951. The molecule has 1 aromatic carbocycles. The van der Waals surface area contributed by atoms with E-state index < -0.39 is 24.4 Å². The van der Waals surface area contributed by atoms with Crippen LogP contribution in [0.1, 0.15) is 25.2 Å². The number of ether oxygens (including phenoxy) is 1. The highest BCUT2D eigenvalue weighted by Gasteiger charge is 2.20. The summed E-state index contributed by atoms with van der Waals surface area (Å²) >= 11 is 1.19. The van der Waals surface area contributed by atoms with Crippen LogP contribution in [-0.4, -0.2) is 29.4 Å². The molecule has 2 aromatic heterocycles. The largest absolute Gasteiger partial charge is 0.459 e. The van der Waals surface area contributed by atoms with Crippen molar-refractivity contribution in [2.75, 3.05) is 6.61 Å². The second-order valence-corrected chi connectivity index (χ2v) is 6.54. The number of nitrogens with zero attached hydrogens (tertiary/aromatic N) is 1. The summed E-state index contributed by atoms with van der Waals surface area (Å²) in [7, 11) is 0. The molecule has 0 spiro atoms. The Morgan fingerprint density at radius 3 is 2.59 bits per heavy atom. The van der Waals surface area contributed by atoms with E-state index in [9.17, 15) is 14.4 Å². The van der Waals surface area contributed by atoms with Gasteiger partial charge in [0.15, 0.2) is 12.4 Å². The Hall–Kier alpha value is -3.46. The minimum atomic E-state index is -0.689. The summed E-state index contributed by atoms with van der Waals surface area (Å²) in [6, 6.07) is 12.2. The van der Waals surface area contributed by atoms with E-state index >= 15 is 0 Å². The fourth-order valence-electron chi connectivity index (χ4n) is 2.19. The van der Waals surface area contributed by atoms with Crippen LogP contribution in [0, 0.1) is 6.92 Å². The van der Waals surface area contributed by atoms with Gasteiger partial charge in [-0.1, -0.05) is 30.3 Å². The molecule has 8 nitrogen and oxygen atoms in total. The van der Waals surface area contributed by atoms with Crippen LogP contribution in [0.2, 0.25) is 0 Å². The molecule has 9 heteroatoms. The molecule has 0 bridgehead atoms. The summed E-state index contributed by atoms with van der Waals surface area (Å²) in [5.74, 6) is -1.93. The van der Waals surface area contributed by atoms with E-state index in [2.05, 4.69) is 15.8 Å². The van der Waals surface area contributed by atoms with Gasteiger partial charge in [-0.2, -0.15) is 0 Å². The number of benzene rings is 1. The Morgan fingerprint density at radius 1 is 1.11 bits per heavy atom. The lowest BCUT2D eigenvalue weighted by atomic mass is 10.1. The molecule has 0 saturated carbocycles. The van der Waals surface area contributed by atoms with Crippen molar-refractivity contribution in [3.8, 4) is 11.3 Å². The number of hydrogen-bond acceptors (Lipinski definition) is 7. The predicted molar refractivity (Wildman–Crippen MR) is 96.9 cm³/mol. The van der Waals surface area contributed by atoms with Gasteiger partial charge in [-0.3, -0.25) is 20.4 Å². The van der Waals surface area contributed by atoms with Gasteiger partial charge >= 0.3 is 11.9 Å². The highest BCUT2D eigenvalue weighted by atomic mass is 32.1. The van der Waals surface area contributed by atoms with E-state index in [1.165, 1.54) is 23.7 Å². The molecule has 2 amide bonds. The maximum atomic E-state index is 12.3. The molecule has 0 unspecified atom stereocenters. The monoisotopic (exact) mass is 385 g/mol. The Kier molecular flexibility index (Phi) is 5.62. The minimum Gasteiger partial charge on any atom is -0.459 e. The topological polar surface area (TPSA) is 111 Å². The molecular formula is C18H15N3O5S. The first-order chi connectivity index (χ1) is 13.0. The van der Waals surface area contributed by atoms with Gasteiger partial charge in [0.2, 0.25) is 0 Å². The van der Waals surface area contributed by atoms with Gasteiger partial charge in [0.1, 0.15) is 4.88 Å². The van der Waals surface area contributed by atoms with Crippen LogP contribution >= 0.6 is 11.3 Å². The Balaban J connectivity index is 1.57. The van der Waals surface area contributed by atoms with Gasteiger partial charge in [0.05, 0.1) is 17.0 Å². The van der Waals surface area contributed by atoms with Crippen LogP contribution in [-0.2, 0) is 9.53 Å². The first kappa shape index (κ1) is 18.3. The quantitative estimate of drug-likeness (QED) is 0.515. The van der Waals surface area contributed by atoms with E-state index in [4.69, 9.17) is 9.15 Å². The zero-order valence-corrected chi connectivity index (χ0v) is 15.0. The lowest BCUT2D eigenvalue weighted by molar-refractivity contribution is -0.125. The van der Waals surface area contributed by atoms with Crippen molar-refractivity contribution >= 4 is 29.1 Å². The molecule has 0 radical (unpaired) electrons. The summed E-state index contributed by atoms with van der Waals surface area (Å²) in [6.07, 6.45) is 1.33. The molecule has 0 aliphatic rings. The first-order valence-corrected chi connectivity index (χ1v) is 8.69. The molecule has 3 aromatic rings. The van der Waals surface area contributed by atoms with Gasteiger partial charge in [0, 0.05) is 5.56 Å². The standard InChI is InChI=1S/C18H15N3O5S/c1-11-19-15(12-6-3-2-4-7-12)16(27-11)18(24)26-10-14(22)20-21-17(23)13-8-5-9-25-13/h2-9H,10H2,1H3,(H,20,22)(H,21,23). The van der Waals surface area contributed by atoms with Crippen LogP contribution in [0.25, 0.3) is 11.3 Å². The number of thiazole rings is 1. The fourth-order valence-corrected chi connectivity index (χ4v) is 3.02. The second-order valence-electron chi connectivity index (χ2n) is 5.33. The van der Waals surface area contributed by atoms with Crippen molar-refractivity contribution in [3.63, 3.8) is 0 Å². The second kappa shape index (κ2) is 8.28. The fraction of sp³-hybridized carbons (Fsp3) is 0.111. The summed E-state index contributed by atoms with van der Waals surface area (Å²) in [6.45, 7) is 1.23. The van der Waals surface area contributed by atoms with Crippen LogP contribution in [0.3, 0.4) is 0 Å². The van der Waals surface area contributed by atoms with Crippen LogP contribution in [0.4, 0.5) is 0 Å². The number of nitrogens with one attached hydrogen (secondary N) is 2. The number of aryl methyl sites for hydroxylation is 1. The SMILES string of the molecule is Cc1nc(-c2ccccc2)c(C(=O)OCC(=O)NNC(=O)c2ccco2)s1. The van der Waals surface area contributed by atoms with Crippen LogP contribution in [0.5, 0.6) is 0 Å². The Labute approximate surface area is 158 Å². The molecule has 0 fully saturated rings. The van der Waals surface area contributed by atoms with E-state index in [1.54, 1.807) is 13.0 Å². The maximum Gasteiger partial charge on any atom is 0.351 e. The number of carbonyl (C=O) groups excluding carboxylic acids is 3. The summed E-state index contributed by atoms with van der Waals surface area (Å²) in [5.41, 5.74) is 5.59. The van der Waals surface area contributed by atoms with E-state index in [-0.39, 0.29) is 5.76 Å². The number of carbonyl (C=O) groups is 3. The molecule has 2 heterocycles. The number of hydrazine groups is 1. The summed E-state index contributed by atoms with van der Waals surface area (Å²) < 4.78 is 9.92. The maximum absolute atomic E-state index is 12.3. The van der Waals surface area contributed by atoms with Crippen LogP contribution in [0.15, 0.2) is 53.1 Å². The number of esters is 1. The molecule has 0 atom stereocenters. The third-order valence-electron chi connectivity index (χ3n) is 3.36. The number of aromatic nitrogens is 1. The average Bonchev–Trinajstić information content (AvgIpc) is 3.34. The third kappa shape index (κ3) is 4.59. The smallest absolute Gasteiger partial charge is 0.351 e. The number of furan rings is 1. The molecule has 27 heavy (non-hydrogen) atoms. The van der Waals surface area contributed by atoms with Crippen LogP contribution < -0.4 is 10.9 Å². The molecule has 0 aliphatic carbocycles. The van der Waals surface area contributed by atoms with Crippen molar-refractivity contribution in [1.82, 2.24) is 15.8 Å². The van der Waals surface area contributed by atoms with Crippen molar-refractivity contribution in [1.29, 1.82) is 0 Å². The van der Waals surface area contributed by atoms with Gasteiger partial charge in [-0.15, -0.1) is 11.3 Å². The number of amides is 2. The first-order valence-electron chi connectivity index (χ1n) is 7.87. The van der Waals surface area contributed by atoms with Crippen molar-refractivity contribution in [2.24, 2.45) is 0 Å². The molecular weight excluding hydrogens is 370 g/mol. The normalized spacial score (nSPS) is 10.3. The van der Waals surface area contributed by atoms with Gasteiger partial charge in [-0.25, -0.2) is 9.78 Å². The zero-order chi connectivity index (χ0) is 19.2. The molecule has 2 N–H and O–H groups in total. The number of rotatable bonds is 5. The highest BCUT2D eigenvalue weighted by Crippen LogP contribution is 2.28. The Morgan fingerprint density at radius 2 is 1.89 bits per heavy atom. The highest BCUT2D eigenvalue weighted by molar-refractivity contribution is 7.14. The van der Waals surface area contributed by atoms with Gasteiger partial charge in [0.25, 0.3) is 5.91 Å². The van der Waals surface area contributed by atoms with Crippen molar-refractivity contribution in [2.45, 2.75) is 6.92 Å². The third-order valence-corrected chi connectivity index (χ3v) is 4.31. The van der Waals surface area contributed by atoms with E-state index in [0.29, 0.717) is 15.6 Å². The summed E-state index contributed by atoms with van der Waals surface area (Å²) in [4.78, 5) is 40.4. The molecule has 0 aliphatic heterocycles. The van der Waals surface area contributed by atoms with Gasteiger partial charge in [-0.05, 0) is 19.1 Å². The molecule has 3 rings (SSSR count).